The molecule has 1 aliphatic rings. The molecule has 2 heterocycles. The van der Waals surface area contributed by atoms with Crippen LogP contribution < -0.4 is 0 Å². The third-order valence-electron chi connectivity index (χ3n) is 1.17. The van der Waals surface area contributed by atoms with E-state index in [4.69, 9.17) is 0 Å². The van der Waals surface area contributed by atoms with Gasteiger partial charge in [0.05, 0.1) is 5.51 Å². The van der Waals surface area contributed by atoms with Crippen molar-refractivity contribution >= 4 is 23.1 Å². The number of thiazole rings is 1. The topological polar surface area (TPSA) is 12.9 Å². The first-order chi connectivity index (χ1) is 3.97. The summed E-state index contributed by atoms with van der Waals surface area (Å²) in [6, 6.07) is 0. The van der Waals surface area contributed by atoms with Crippen molar-refractivity contribution in [3.8, 4) is 0 Å². The fraction of sp³-hybridized carbons (Fsp3) is 0.400. The van der Waals surface area contributed by atoms with E-state index in [0.717, 1.165) is 0 Å². The first kappa shape index (κ1) is 4.82. The van der Waals surface area contributed by atoms with Gasteiger partial charge in [-0.3, -0.25) is 0 Å². The van der Waals surface area contributed by atoms with Gasteiger partial charge in [0.15, 0.2) is 0 Å². The van der Waals surface area contributed by atoms with E-state index >= 15 is 0 Å². The van der Waals surface area contributed by atoms with Gasteiger partial charge in [0.25, 0.3) is 0 Å². The Morgan fingerprint density at radius 1 is 1.62 bits per heavy atom. The summed E-state index contributed by atoms with van der Waals surface area (Å²) in [6.07, 6.45) is 1.24. The number of rotatable bonds is 0. The van der Waals surface area contributed by atoms with Gasteiger partial charge in [-0.2, -0.15) is 0 Å². The second-order valence-corrected chi connectivity index (χ2v) is 3.70. The lowest BCUT2D eigenvalue weighted by Gasteiger charge is -1.76. The van der Waals surface area contributed by atoms with E-state index in [1.54, 1.807) is 11.3 Å². The molecule has 1 aromatic rings. The Balaban J connectivity index is 2.54. The highest BCUT2D eigenvalue weighted by Crippen LogP contribution is 2.31. The summed E-state index contributed by atoms with van der Waals surface area (Å²) in [5, 5.41) is 1.27. The Labute approximate surface area is 56.1 Å². The maximum Gasteiger partial charge on any atom is 0.110 e. The fourth-order valence-electron chi connectivity index (χ4n) is 0.784. The van der Waals surface area contributed by atoms with Crippen molar-refractivity contribution in [2.75, 3.05) is 5.75 Å². The molecule has 0 aromatic carbocycles. The van der Waals surface area contributed by atoms with Crippen LogP contribution in [0.25, 0.3) is 0 Å². The fourth-order valence-corrected chi connectivity index (χ4v) is 2.85. The molecule has 0 amide bonds. The van der Waals surface area contributed by atoms with Crippen LogP contribution in [-0.2, 0) is 6.42 Å². The van der Waals surface area contributed by atoms with E-state index in [1.807, 2.05) is 17.3 Å². The number of aromatic nitrogens is 1. The monoisotopic (exact) mass is 143 g/mol. The average Bonchev–Trinajstić information content (AvgIpc) is 2.15. The Hall–Kier alpha value is -0.0200. The van der Waals surface area contributed by atoms with Gasteiger partial charge in [-0.05, 0) is 6.42 Å². The molecule has 0 saturated carbocycles. The number of aryl methyl sites for hydroxylation is 1. The van der Waals surface area contributed by atoms with Crippen molar-refractivity contribution in [3.63, 3.8) is 0 Å². The molecule has 0 spiro atoms. The van der Waals surface area contributed by atoms with Crippen molar-refractivity contribution < 1.29 is 0 Å². The van der Waals surface area contributed by atoms with Crippen LogP contribution in [0.4, 0.5) is 0 Å². The van der Waals surface area contributed by atoms with Crippen molar-refractivity contribution in [1.82, 2.24) is 4.98 Å². The summed E-state index contributed by atoms with van der Waals surface area (Å²) >= 11 is 3.65. The van der Waals surface area contributed by atoms with Crippen LogP contribution in [0.2, 0.25) is 0 Å². The number of hydrogen-bond donors (Lipinski definition) is 0. The summed E-state index contributed by atoms with van der Waals surface area (Å²) in [5.41, 5.74) is 1.93. The molecule has 0 saturated heterocycles. The van der Waals surface area contributed by atoms with E-state index in [1.165, 1.54) is 22.1 Å². The van der Waals surface area contributed by atoms with Gasteiger partial charge in [-0.1, -0.05) is 0 Å². The van der Waals surface area contributed by atoms with E-state index in [-0.39, 0.29) is 0 Å². The van der Waals surface area contributed by atoms with Crippen LogP contribution in [0.5, 0.6) is 0 Å². The SMILES string of the molecule is c1nc2c(s1)CCS2. The smallest absolute Gasteiger partial charge is 0.110 e. The lowest BCUT2D eigenvalue weighted by molar-refractivity contribution is 1.13. The standard InChI is InChI=1S/C5H5NS2/c1-2-7-5-4(1)8-3-6-5/h3H,1-2H2. The zero-order chi connectivity index (χ0) is 5.40. The molecule has 0 aliphatic carbocycles. The lowest BCUT2D eigenvalue weighted by Crippen LogP contribution is -1.69. The van der Waals surface area contributed by atoms with Gasteiger partial charge in [0.2, 0.25) is 0 Å². The van der Waals surface area contributed by atoms with E-state index in [2.05, 4.69) is 4.98 Å². The minimum Gasteiger partial charge on any atom is -0.238 e. The number of fused-ring (bicyclic) bond motifs is 1. The second kappa shape index (κ2) is 1.74. The minimum atomic E-state index is 1.24. The molecule has 0 N–H and O–H groups in total. The molecule has 8 heavy (non-hydrogen) atoms. The summed E-state index contributed by atoms with van der Waals surface area (Å²) in [4.78, 5) is 5.66. The highest BCUT2D eigenvalue weighted by atomic mass is 32.2. The molecular formula is C5H5NS2. The number of nitrogens with zero attached hydrogens (tertiary/aromatic N) is 1. The Morgan fingerprint density at radius 3 is 3.50 bits per heavy atom. The first-order valence-electron chi connectivity index (χ1n) is 2.52. The van der Waals surface area contributed by atoms with Gasteiger partial charge >= 0.3 is 0 Å². The molecule has 1 nitrogen and oxygen atoms in total. The highest BCUT2D eigenvalue weighted by Gasteiger charge is 2.12. The quantitative estimate of drug-likeness (QED) is 0.549. The van der Waals surface area contributed by atoms with Crippen molar-refractivity contribution in [3.05, 3.63) is 10.4 Å². The molecule has 3 heteroatoms. The van der Waals surface area contributed by atoms with Gasteiger partial charge in [0.1, 0.15) is 5.03 Å². The molecule has 1 aromatic heterocycles. The van der Waals surface area contributed by atoms with Crippen LogP contribution in [0, 0.1) is 0 Å². The third kappa shape index (κ3) is 0.581. The van der Waals surface area contributed by atoms with Crippen molar-refractivity contribution in [1.29, 1.82) is 0 Å². The Bertz CT molecular complexity index is 176. The minimum absolute atomic E-state index is 1.24. The molecule has 0 unspecified atom stereocenters. The summed E-state index contributed by atoms with van der Waals surface area (Å²) in [6.45, 7) is 0. The van der Waals surface area contributed by atoms with Gasteiger partial charge in [-0.15, -0.1) is 23.1 Å². The molecule has 42 valence electrons. The number of thioether (sulfide) groups is 1. The summed E-state index contributed by atoms with van der Waals surface area (Å²) < 4.78 is 0. The Kier molecular flexibility index (Phi) is 1.05. The number of hydrogen-bond acceptors (Lipinski definition) is 3. The Morgan fingerprint density at radius 2 is 2.62 bits per heavy atom. The van der Waals surface area contributed by atoms with Crippen LogP contribution in [0.3, 0.4) is 0 Å². The summed E-state index contributed by atoms with van der Waals surface area (Å²) in [7, 11) is 0. The third-order valence-corrected chi connectivity index (χ3v) is 3.23. The van der Waals surface area contributed by atoms with Crippen LogP contribution in [-0.4, -0.2) is 10.7 Å². The predicted octanol–water partition coefficient (Wildman–Crippen LogP) is 1.79. The molecule has 0 radical (unpaired) electrons. The van der Waals surface area contributed by atoms with Crippen LogP contribution in [0.1, 0.15) is 4.88 Å². The maximum atomic E-state index is 4.18. The normalized spacial score (nSPS) is 16.5. The molecule has 0 bridgehead atoms. The summed E-state index contributed by atoms with van der Waals surface area (Å²) in [5.74, 6) is 1.25. The molecule has 0 fully saturated rings. The molecule has 0 atom stereocenters. The van der Waals surface area contributed by atoms with Crippen LogP contribution >= 0.6 is 23.1 Å². The van der Waals surface area contributed by atoms with Gasteiger partial charge < -0.3 is 0 Å². The second-order valence-electron chi connectivity index (χ2n) is 1.68. The van der Waals surface area contributed by atoms with Gasteiger partial charge in [0, 0.05) is 10.6 Å². The van der Waals surface area contributed by atoms with Gasteiger partial charge in [-0.25, -0.2) is 4.98 Å². The largest absolute Gasteiger partial charge is 0.238 e. The average molecular weight is 143 g/mol. The lowest BCUT2D eigenvalue weighted by atomic mass is 10.4. The van der Waals surface area contributed by atoms with Crippen molar-refractivity contribution in [2.24, 2.45) is 0 Å². The first-order valence-corrected chi connectivity index (χ1v) is 4.38. The molecule has 2 rings (SSSR count). The molecular weight excluding hydrogens is 138 g/mol. The van der Waals surface area contributed by atoms with E-state index in [9.17, 15) is 0 Å². The molecule has 1 aliphatic heterocycles. The van der Waals surface area contributed by atoms with Crippen molar-refractivity contribution in [2.45, 2.75) is 11.4 Å². The zero-order valence-corrected chi connectivity index (χ0v) is 5.89. The van der Waals surface area contributed by atoms with E-state index < -0.39 is 0 Å². The van der Waals surface area contributed by atoms with E-state index in [0.29, 0.717) is 0 Å². The zero-order valence-electron chi connectivity index (χ0n) is 4.26. The van der Waals surface area contributed by atoms with Crippen LogP contribution in [0.15, 0.2) is 10.5 Å². The maximum absolute atomic E-state index is 4.18. The predicted molar refractivity (Wildman–Crippen MR) is 36.5 cm³/mol. The highest BCUT2D eigenvalue weighted by molar-refractivity contribution is 7.99.